The predicted octanol–water partition coefficient (Wildman–Crippen LogP) is 2.17. The number of nitrogens with one attached hydrogen (secondary N) is 2. The van der Waals surface area contributed by atoms with Gasteiger partial charge in [-0.05, 0) is 31.9 Å². The fourth-order valence-corrected chi connectivity index (χ4v) is 3.56. The van der Waals surface area contributed by atoms with Crippen molar-refractivity contribution in [1.29, 1.82) is 0 Å². The van der Waals surface area contributed by atoms with Crippen molar-refractivity contribution >= 4 is 11.6 Å². The molecular weight excluding hydrogens is 346 g/mol. The molecule has 3 heterocycles. The number of ether oxygens (including phenoxy) is 2. The minimum Gasteiger partial charge on any atom is -0.486 e. The van der Waals surface area contributed by atoms with Crippen molar-refractivity contribution in [3.05, 3.63) is 51.9 Å². The molecule has 1 amide bonds. The van der Waals surface area contributed by atoms with Gasteiger partial charge in [-0.15, -0.1) is 0 Å². The quantitative estimate of drug-likeness (QED) is 0.866. The lowest BCUT2D eigenvalue weighted by atomic mass is 10.0. The average Bonchev–Trinajstić information content (AvgIpc) is 2.68. The zero-order chi connectivity index (χ0) is 18.8. The highest BCUT2D eigenvalue weighted by atomic mass is 16.6. The van der Waals surface area contributed by atoms with Gasteiger partial charge in [-0.1, -0.05) is 0 Å². The second kappa shape index (κ2) is 7.34. The molecule has 1 atom stereocenters. The van der Waals surface area contributed by atoms with Crippen LogP contribution in [-0.2, 0) is 0 Å². The van der Waals surface area contributed by atoms with Gasteiger partial charge in [0.25, 0.3) is 5.91 Å². The predicted molar refractivity (Wildman–Crippen MR) is 102 cm³/mol. The van der Waals surface area contributed by atoms with Gasteiger partial charge in [-0.2, -0.15) is 0 Å². The topological polar surface area (TPSA) is 83.7 Å². The lowest BCUT2D eigenvalue weighted by Gasteiger charge is -2.33. The maximum Gasteiger partial charge on any atom is 0.259 e. The molecule has 0 radical (unpaired) electrons. The zero-order valence-corrected chi connectivity index (χ0v) is 15.3. The summed E-state index contributed by atoms with van der Waals surface area (Å²) in [6.45, 7) is 4.13. The number of amides is 1. The van der Waals surface area contributed by atoms with E-state index in [1.807, 2.05) is 18.2 Å². The normalized spacial score (nSPS) is 18.9. The molecule has 4 rings (SSSR count). The molecule has 1 aromatic carbocycles. The summed E-state index contributed by atoms with van der Waals surface area (Å²) in [4.78, 5) is 29.6. The van der Waals surface area contributed by atoms with Crippen molar-refractivity contribution in [2.75, 3.05) is 31.6 Å². The van der Waals surface area contributed by atoms with Crippen LogP contribution >= 0.6 is 0 Å². The molecule has 142 valence electrons. The van der Waals surface area contributed by atoms with Crippen molar-refractivity contribution in [3.63, 3.8) is 0 Å². The Balaban J connectivity index is 1.45. The number of carbonyl (C=O) groups is 1. The fourth-order valence-electron chi connectivity index (χ4n) is 3.56. The maximum atomic E-state index is 12.8. The number of rotatable bonds is 3. The number of likely N-dealkylation sites (tertiary alicyclic amines) is 1. The van der Waals surface area contributed by atoms with Gasteiger partial charge in [0, 0.05) is 48.8 Å². The van der Waals surface area contributed by atoms with Gasteiger partial charge in [0.05, 0.1) is 0 Å². The number of carbonyl (C=O) groups excluding carboxylic acids is 1. The number of pyridine rings is 1. The van der Waals surface area contributed by atoms with Gasteiger partial charge in [0.1, 0.15) is 18.8 Å². The molecule has 0 aliphatic carbocycles. The van der Waals surface area contributed by atoms with E-state index >= 15 is 0 Å². The molecule has 2 aromatic rings. The van der Waals surface area contributed by atoms with E-state index in [1.54, 1.807) is 11.8 Å². The molecule has 0 bridgehead atoms. The Bertz CT molecular complexity index is 908. The van der Waals surface area contributed by atoms with Crippen LogP contribution in [-0.4, -0.2) is 48.1 Å². The number of anilines is 1. The Kier molecular flexibility index (Phi) is 4.75. The second-order valence-electron chi connectivity index (χ2n) is 6.99. The molecule has 2 N–H and O–H groups in total. The monoisotopic (exact) mass is 369 g/mol. The Hall–Kier alpha value is -2.96. The van der Waals surface area contributed by atoms with E-state index in [-0.39, 0.29) is 22.9 Å². The number of aromatic amines is 1. The summed E-state index contributed by atoms with van der Waals surface area (Å²) in [6, 6.07) is 7.37. The third-order valence-electron chi connectivity index (χ3n) is 4.91. The Morgan fingerprint density at radius 1 is 1.22 bits per heavy atom. The first-order chi connectivity index (χ1) is 13.1. The van der Waals surface area contributed by atoms with E-state index in [0.29, 0.717) is 26.3 Å². The molecule has 1 saturated heterocycles. The van der Waals surface area contributed by atoms with Crippen LogP contribution in [0.5, 0.6) is 11.5 Å². The molecular formula is C20H23N3O4. The lowest BCUT2D eigenvalue weighted by molar-refractivity contribution is 0.0713. The highest BCUT2D eigenvalue weighted by molar-refractivity contribution is 5.94. The van der Waals surface area contributed by atoms with Crippen molar-refractivity contribution in [3.8, 4) is 11.5 Å². The highest BCUT2D eigenvalue weighted by Crippen LogP contribution is 2.33. The Morgan fingerprint density at radius 2 is 2.04 bits per heavy atom. The number of H-pyrrole nitrogens is 1. The Morgan fingerprint density at radius 3 is 2.85 bits per heavy atom. The molecule has 7 nitrogen and oxygen atoms in total. The van der Waals surface area contributed by atoms with Crippen LogP contribution in [0.25, 0.3) is 0 Å². The largest absolute Gasteiger partial charge is 0.486 e. The number of aromatic nitrogens is 1. The van der Waals surface area contributed by atoms with E-state index in [2.05, 4.69) is 10.3 Å². The minimum atomic E-state index is -0.238. The summed E-state index contributed by atoms with van der Waals surface area (Å²) in [5.41, 5.74) is 1.64. The summed E-state index contributed by atoms with van der Waals surface area (Å²) in [7, 11) is 0. The van der Waals surface area contributed by atoms with Crippen molar-refractivity contribution < 1.29 is 14.3 Å². The summed E-state index contributed by atoms with van der Waals surface area (Å²) >= 11 is 0. The molecule has 2 aliphatic rings. The lowest BCUT2D eigenvalue weighted by Crippen LogP contribution is -2.46. The minimum absolute atomic E-state index is 0.120. The number of aryl methyl sites for hydroxylation is 1. The van der Waals surface area contributed by atoms with Gasteiger partial charge >= 0.3 is 0 Å². The van der Waals surface area contributed by atoms with Gasteiger partial charge in [-0.25, -0.2) is 0 Å². The average molecular weight is 369 g/mol. The van der Waals surface area contributed by atoms with E-state index in [1.165, 1.54) is 12.3 Å². The summed E-state index contributed by atoms with van der Waals surface area (Å²) in [5.74, 6) is 1.27. The molecule has 1 aromatic heterocycles. The number of nitrogens with zero attached hydrogens (tertiary/aromatic N) is 1. The van der Waals surface area contributed by atoms with Crippen LogP contribution < -0.4 is 20.2 Å². The van der Waals surface area contributed by atoms with Crippen molar-refractivity contribution in [2.45, 2.75) is 25.8 Å². The summed E-state index contributed by atoms with van der Waals surface area (Å²) in [5, 5.41) is 3.48. The van der Waals surface area contributed by atoms with E-state index in [9.17, 15) is 9.59 Å². The zero-order valence-electron chi connectivity index (χ0n) is 15.3. The van der Waals surface area contributed by atoms with Gasteiger partial charge < -0.3 is 24.7 Å². The van der Waals surface area contributed by atoms with E-state index in [4.69, 9.17) is 9.47 Å². The van der Waals surface area contributed by atoms with Crippen LogP contribution in [0.15, 0.2) is 35.3 Å². The number of fused-ring (bicyclic) bond motifs is 1. The van der Waals surface area contributed by atoms with Crippen LogP contribution in [0.2, 0.25) is 0 Å². The summed E-state index contributed by atoms with van der Waals surface area (Å²) < 4.78 is 11.2. The molecule has 0 unspecified atom stereocenters. The third-order valence-corrected chi connectivity index (χ3v) is 4.91. The number of hydrogen-bond donors (Lipinski definition) is 2. The van der Waals surface area contributed by atoms with Crippen LogP contribution in [0.4, 0.5) is 5.69 Å². The standard InChI is InChI=1S/C20H23N3O4/c1-13-9-17(24)16(11-21-13)20(25)23-6-2-3-15(12-23)22-14-4-5-18-19(10-14)27-8-7-26-18/h4-5,9-11,15,22H,2-3,6-8,12H2,1H3,(H,21,24)/t15-/m0/s1. The smallest absolute Gasteiger partial charge is 0.259 e. The van der Waals surface area contributed by atoms with Crippen LogP contribution in [0, 0.1) is 6.92 Å². The number of piperidine rings is 1. The summed E-state index contributed by atoms with van der Waals surface area (Å²) in [6.07, 6.45) is 3.36. The van der Waals surface area contributed by atoms with Crippen LogP contribution in [0.1, 0.15) is 28.9 Å². The van der Waals surface area contributed by atoms with Gasteiger partial charge in [0.2, 0.25) is 0 Å². The molecule has 1 fully saturated rings. The maximum absolute atomic E-state index is 12.8. The second-order valence-corrected chi connectivity index (χ2v) is 6.99. The Labute approximate surface area is 157 Å². The third kappa shape index (κ3) is 3.77. The van der Waals surface area contributed by atoms with Crippen molar-refractivity contribution in [2.24, 2.45) is 0 Å². The SMILES string of the molecule is Cc1cc(=O)c(C(=O)N2CCC[C@H](Nc3ccc4c(c3)OCCO4)C2)c[nH]1. The first-order valence-corrected chi connectivity index (χ1v) is 9.25. The molecule has 0 saturated carbocycles. The highest BCUT2D eigenvalue weighted by Gasteiger charge is 2.26. The van der Waals surface area contributed by atoms with Crippen LogP contribution in [0.3, 0.4) is 0 Å². The number of hydrogen-bond acceptors (Lipinski definition) is 5. The number of benzene rings is 1. The van der Waals surface area contributed by atoms with Gasteiger partial charge in [-0.3, -0.25) is 9.59 Å². The first-order valence-electron chi connectivity index (χ1n) is 9.25. The molecule has 7 heteroatoms. The first kappa shape index (κ1) is 17.5. The molecule has 27 heavy (non-hydrogen) atoms. The van der Waals surface area contributed by atoms with E-state index < -0.39 is 0 Å². The molecule has 0 spiro atoms. The van der Waals surface area contributed by atoms with Crippen molar-refractivity contribution in [1.82, 2.24) is 9.88 Å². The van der Waals surface area contributed by atoms with Gasteiger partial charge in [0.15, 0.2) is 16.9 Å². The fraction of sp³-hybridized carbons (Fsp3) is 0.400. The van der Waals surface area contributed by atoms with E-state index in [0.717, 1.165) is 35.7 Å². The molecule has 2 aliphatic heterocycles.